The van der Waals surface area contributed by atoms with Crippen molar-refractivity contribution in [3.8, 4) is 16.9 Å². The van der Waals surface area contributed by atoms with Crippen molar-refractivity contribution < 1.29 is 14.6 Å². The van der Waals surface area contributed by atoms with E-state index in [-0.39, 0.29) is 6.61 Å². The third-order valence-electron chi connectivity index (χ3n) is 5.04. The van der Waals surface area contributed by atoms with Gasteiger partial charge >= 0.3 is 0 Å². The molecule has 1 N–H and O–H groups in total. The maximum atomic E-state index is 9.54. The molecule has 140 valence electrons. The highest BCUT2D eigenvalue weighted by atomic mass is 16.5. The number of hydrogen-bond donors (Lipinski definition) is 1. The molecule has 0 aromatic heterocycles. The van der Waals surface area contributed by atoms with Crippen LogP contribution < -0.4 is 4.74 Å². The highest BCUT2D eigenvalue weighted by Gasteiger charge is 2.10. The highest BCUT2D eigenvalue weighted by Crippen LogP contribution is 2.30. The Bertz CT molecular complexity index is 898. The molecule has 0 saturated heterocycles. The van der Waals surface area contributed by atoms with Gasteiger partial charge in [0.1, 0.15) is 5.75 Å². The maximum Gasteiger partial charge on any atom is 0.118 e. The Morgan fingerprint density at radius 1 is 0.741 bits per heavy atom. The van der Waals surface area contributed by atoms with Crippen LogP contribution in [0.25, 0.3) is 11.1 Å². The van der Waals surface area contributed by atoms with E-state index in [0.717, 1.165) is 28.0 Å². The van der Waals surface area contributed by atoms with Gasteiger partial charge in [-0.05, 0) is 64.9 Å². The Kier molecular flexibility index (Phi) is 6.28. The summed E-state index contributed by atoms with van der Waals surface area (Å²) in [5.41, 5.74) is 7.95. The summed E-state index contributed by atoms with van der Waals surface area (Å²) in [7, 11) is 1.67. The van der Waals surface area contributed by atoms with Crippen molar-refractivity contribution in [2.45, 2.75) is 33.7 Å². The molecular formula is C24H26O3. The molecule has 3 aromatic carbocycles. The lowest BCUT2D eigenvalue weighted by Crippen LogP contribution is -1.99. The highest BCUT2D eigenvalue weighted by molar-refractivity contribution is 5.72. The first-order valence-electron chi connectivity index (χ1n) is 9.13. The summed E-state index contributed by atoms with van der Waals surface area (Å²) in [6.45, 7) is 5.38. The second-order valence-corrected chi connectivity index (χ2v) is 6.68. The zero-order valence-electron chi connectivity index (χ0n) is 16.2. The average Bonchev–Trinajstić information content (AvgIpc) is 2.70. The van der Waals surface area contributed by atoms with Crippen molar-refractivity contribution in [1.82, 2.24) is 0 Å². The molecule has 0 atom stereocenters. The van der Waals surface area contributed by atoms with E-state index in [9.17, 15) is 5.11 Å². The minimum atomic E-state index is 0.0589. The fourth-order valence-electron chi connectivity index (χ4n) is 3.28. The molecule has 3 nitrogen and oxygen atoms in total. The van der Waals surface area contributed by atoms with Gasteiger partial charge in [0, 0.05) is 0 Å². The summed E-state index contributed by atoms with van der Waals surface area (Å²) in [6, 6.07) is 20.3. The monoisotopic (exact) mass is 362 g/mol. The van der Waals surface area contributed by atoms with Gasteiger partial charge in [-0.3, -0.25) is 0 Å². The van der Waals surface area contributed by atoms with E-state index in [4.69, 9.17) is 9.47 Å². The van der Waals surface area contributed by atoms with Crippen molar-refractivity contribution in [3.63, 3.8) is 0 Å². The number of aliphatic hydroxyl groups is 1. The third kappa shape index (κ3) is 4.38. The van der Waals surface area contributed by atoms with Crippen LogP contribution in [0.5, 0.6) is 5.75 Å². The summed E-state index contributed by atoms with van der Waals surface area (Å²) >= 11 is 0. The lowest BCUT2D eigenvalue weighted by atomic mass is 9.92. The van der Waals surface area contributed by atoms with Crippen LogP contribution in [-0.4, -0.2) is 12.2 Å². The molecule has 0 aliphatic heterocycles. The van der Waals surface area contributed by atoms with Crippen LogP contribution in [0.4, 0.5) is 0 Å². The van der Waals surface area contributed by atoms with E-state index in [1.807, 2.05) is 36.4 Å². The smallest absolute Gasteiger partial charge is 0.118 e. The summed E-state index contributed by atoms with van der Waals surface area (Å²) in [5.74, 6) is 0.850. The van der Waals surface area contributed by atoms with Crippen LogP contribution in [-0.2, 0) is 24.6 Å². The average molecular weight is 362 g/mol. The standard InChI is InChI=1S/C24H26O3/c1-17-20(14-25)6-4-8-23(17)24-9-5-7-21(18(24)2)16-27-15-19-10-12-22(26-3)13-11-19/h4-13,25H,14-16H2,1-3H3. The molecule has 0 radical (unpaired) electrons. The molecule has 27 heavy (non-hydrogen) atoms. The number of ether oxygens (including phenoxy) is 2. The van der Waals surface area contributed by atoms with Crippen molar-refractivity contribution in [1.29, 1.82) is 0 Å². The predicted molar refractivity (Wildman–Crippen MR) is 109 cm³/mol. The van der Waals surface area contributed by atoms with Crippen LogP contribution in [0.1, 0.15) is 27.8 Å². The van der Waals surface area contributed by atoms with Gasteiger partial charge in [0.25, 0.3) is 0 Å². The number of hydrogen-bond acceptors (Lipinski definition) is 3. The van der Waals surface area contributed by atoms with Crippen LogP contribution in [0.2, 0.25) is 0 Å². The van der Waals surface area contributed by atoms with E-state index in [0.29, 0.717) is 13.2 Å². The summed E-state index contributed by atoms with van der Waals surface area (Å²) in [6.07, 6.45) is 0. The quantitative estimate of drug-likeness (QED) is 0.629. The minimum absolute atomic E-state index is 0.0589. The normalized spacial score (nSPS) is 10.8. The number of benzene rings is 3. The van der Waals surface area contributed by atoms with Gasteiger partial charge in [-0.2, -0.15) is 0 Å². The molecule has 0 saturated carbocycles. The van der Waals surface area contributed by atoms with E-state index < -0.39 is 0 Å². The third-order valence-corrected chi connectivity index (χ3v) is 5.04. The first kappa shape index (κ1) is 19.2. The lowest BCUT2D eigenvalue weighted by molar-refractivity contribution is 0.107. The van der Waals surface area contributed by atoms with Crippen molar-refractivity contribution >= 4 is 0 Å². The molecule has 0 aliphatic rings. The largest absolute Gasteiger partial charge is 0.497 e. The SMILES string of the molecule is COc1ccc(COCc2cccc(-c3cccc(CO)c3C)c2C)cc1. The van der Waals surface area contributed by atoms with Gasteiger partial charge in [0.2, 0.25) is 0 Å². The second-order valence-electron chi connectivity index (χ2n) is 6.68. The van der Waals surface area contributed by atoms with Gasteiger partial charge < -0.3 is 14.6 Å². The summed E-state index contributed by atoms with van der Waals surface area (Å²) in [4.78, 5) is 0. The first-order valence-corrected chi connectivity index (χ1v) is 9.13. The molecule has 0 amide bonds. The zero-order valence-corrected chi connectivity index (χ0v) is 16.2. The van der Waals surface area contributed by atoms with Gasteiger partial charge in [-0.15, -0.1) is 0 Å². The second kappa shape index (κ2) is 8.85. The molecule has 0 heterocycles. The summed E-state index contributed by atoms with van der Waals surface area (Å²) in [5, 5.41) is 9.54. The van der Waals surface area contributed by atoms with E-state index in [1.54, 1.807) is 7.11 Å². The van der Waals surface area contributed by atoms with Gasteiger partial charge in [0.05, 0.1) is 26.9 Å². The molecule has 0 bridgehead atoms. The number of rotatable bonds is 7. The van der Waals surface area contributed by atoms with Crippen LogP contribution >= 0.6 is 0 Å². The van der Waals surface area contributed by atoms with Crippen molar-refractivity contribution in [2.75, 3.05) is 7.11 Å². The molecule has 3 aromatic rings. The molecule has 0 fully saturated rings. The van der Waals surface area contributed by atoms with Crippen LogP contribution in [0, 0.1) is 13.8 Å². The summed E-state index contributed by atoms with van der Waals surface area (Å²) < 4.78 is 11.1. The molecule has 0 unspecified atom stereocenters. The van der Waals surface area contributed by atoms with Gasteiger partial charge in [-0.25, -0.2) is 0 Å². The van der Waals surface area contributed by atoms with Gasteiger partial charge in [0.15, 0.2) is 0 Å². The van der Waals surface area contributed by atoms with Crippen molar-refractivity contribution in [2.24, 2.45) is 0 Å². The number of methoxy groups -OCH3 is 1. The van der Waals surface area contributed by atoms with Crippen molar-refractivity contribution in [3.05, 3.63) is 88.5 Å². The zero-order chi connectivity index (χ0) is 19.2. The molecule has 0 spiro atoms. The number of aliphatic hydroxyl groups excluding tert-OH is 1. The minimum Gasteiger partial charge on any atom is -0.497 e. The topological polar surface area (TPSA) is 38.7 Å². The molecule has 3 heteroatoms. The maximum absolute atomic E-state index is 9.54. The van der Waals surface area contributed by atoms with Crippen LogP contribution in [0.3, 0.4) is 0 Å². The van der Waals surface area contributed by atoms with Gasteiger partial charge in [-0.1, -0.05) is 48.5 Å². The Balaban J connectivity index is 1.75. The van der Waals surface area contributed by atoms with Crippen LogP contribution in [0.15, 0.2) is 60.7 Å². The molecule has 3 rings (SSSR count). The lowest BCUT2D eigenvalue weighted by Gasteiger charge is -2.15. The Morgan fingerprint density at radius 2 is 1.33 bits per heavy atom. The Morgan fingerprint density at radius 3 is 1.93 bits per heavy atom. The van der Waals surface area contributed by atoms with E-state index in [2.05, 4.69) is 38.1 Å². The predicted octanol–water partition coefficient (Wildman–Crippen LogP) is 5.19. The first-order chi connectivity index (χ1) is 13.1. The molecule has 0 aliphatic carbocycles. The Hall–Kier alpha value is -2.62. The Labute approximate surface area is 161 Å². The fourth-order valence-corrected chi connectivity index (χ4v) is 3.28. The molecular weight excluding hydrogens is 336 g/mol. The fraction of sp³-hybridized carbons (Fsp3) is 0.250. The van der Waals surface area contributed by atoms with E-state index in [1.165, 1.54) is 16.7 Å². The van der Waals surface area contributed by atoms with E-state index >= 15 is 0 Å².